The maximum Gasteiger partial charge on any atom is 0.124 e. The van der Waals surface area contributed by atoms with Gasteiger partial charge in [0.2, 0.25) is 0 Å². The molecule has 0 radical (unpaired) electrons. The van der Waals surface area contributed by atoms with E-state index in [1.165, 1.54) is 5.56 Å². The van der Waals surface area contributed by atoms with E-state index in [2.05, 4.69) is 40.3 Å². The molecule has 0 bridgehead atoms. The van der Waals surface area contributed by atoms with E-state index < -0.39 is 0 Å². The number of hydrogen-bond acceptors (Lipinski definition) is 4. The summed E-state index contributed by atoms with van der Waals surface area (Å²) < 4.78 is 6.01. The van der Waals surface area contributed by atoms with Crippen LogP contribution in [0.2, 0.25) is 0 Å². The van der Waals surface area contributed by atoms with E-state index in [0.717, 1.165) is 37.5 Å². The van der Waals surface area contributed by atoms with Gasteiger partial charge in [0, 0.05) is 55.7 Å². The Balaban J connectivity index is 1.64. The molecule has 0 saturated carbocycles. The van der Waals surface area contributed by atoms with Gasteiger partial charge in [-0.2, -0.15) is 0 Å². The lowest BCUT2D eigenvalue weighted by atomic mass is 10.1. The van der Waals surface area contributed by atoms with E-state index in [9.17, 15) is 0 Å². The summed E-state index contributed by atoms with van der Waals surface area (Å²) in [5.74, 6) is 0.970. The molecule has 4 nitrogen and oxygen atoms in total. The van der Waals surface area contributed by atoms with E-state index in [1.807, 2.05) is 24.4 Å². The molecule has 2 heterocycles. The first-order valence-corrected chi connectivity index (χ1v) is 7.86. The summed E-state index contributed by atoms with van der Waals surface area (Å²) in [6, 6.07) is 12.8. The Morgan fingerprint density at radius 3 is 3.00 bits per heavy atom. The first-order valence-electron chi connectivity index (χ1n) is 7.86. The zero-order valence-corrected chi connectivity index (χ0v) is 13.0. The van der Waals surface area contributed by atoms with Crippen LogP contribution in [0.25, 0.3) is 0 Å². The third-order valence-electron chi connectivity index (χ3n) is 3.94. The summed E-state index contributed by atoms with van der Waals surface area (Å²) in [5, 5.41) is 3.48. The Labute approximate surface area is 132 Å². The molecule has 0 spiro atoms. The average molecular weight is 297 g/mol. The zero-order chi connectivity index (χ0) is 15.2. The molecule has 0 aliphatic carbocycles. The quantitative estimate of drug-likeness (QED) is 0.920. The van der Waals surface area contributed by atoms with Gasteiger partial charge in [-0.1, -0.05) is 24.3 Å². The van der Waals surface area contributed by atoms with Crippen LogP contribution in [0, 0.1) is 0 Å². The largest absolute Gasteiger partial charge is 0.489 e. The Hall–Kier alpha value is -1.91. The summed E-state index contributed by atoms with van der Waals surface area (Å²) >= 11 is 0. The predicted octanol–water partition coefficient (Wildman–Crippen LogP) is 2.45. The first kappa shape index (κ1) is 15.0. The molecule has 1 atom stereocenters. The first-order chi connectivity index (χ1) is 10.8. The van der Waals surface area contributed by atoms with Crippen LogP contribution < -0.4 is 10.1 Å². The number of nitrogens with zero attached hydrogens (tertiary/aromatic N) is 2. The van der Waals surface area contributed by atoms with Crippen LogP contribution in [-0.2, 0) is 13.2 Å². The lowest BCUT2D eigenvalue weighted by Crippen LogP contribution is -2.48. The van der Waals surface area contributed by atoms with Crippen molar-refractivity contribution in [3.05, 3.63) is 59.9 Å². The Morgan fingerprint density at radius 2 is 2.18 bits per heavy atom. The Morgan fingerprint density at radius 1 is 1.27 bits per heavy atom. The van der Waals surface area contributed by atoms with Gasteiger partial charge < -0.3 is 10.1 Å². The van der Waals surface area contributed by atoms with Crippen LogP contribution in [0.4, 0.5) is 0 Å². The lowest BCUT2D eigenvalue weighted by Gasteiger charge is -2.32. The molecular formula is C18H23N3O. The number of para-hydroxylation sites is 1. The van der Waals surface area contributed by atoms with Crippen molar-refractivity contribution in [2.45, 2.75) is 26.1 Å². The van der Waals surface area contributed by atoms with Crippen LogP contribution in [0.1, 0.15) is 18.1 Å². The third kappa shape index (κ3) is 4.06. The van der Waals surface area contributed by atoms with Gasteiger partial charge in [0.05, 0.1) is 0 Å². The average Bonchev–Trinajstić information content (AvgIpc) is 2.55. The molecule has 1 aliphatic heterocycles. The maximum atomic E-state index is 6.01. The van der Waals surface area contributed by atoms with E-state index >= 15 is 0 Å². The van der Waals surface area contributed by atoms with Crippen molar-refractivity contribution in [3.63, 3.8) is 0 Å². The van der Waals surface area contributed by atoms with E-state index in [1.54, 1.807) is 6.20 Å². The number of ether oxygens (including phenoxy) is 1. The van der Waals surface area contributed by atoms with Crippen molar-refractivity contribution in [3.8, 4) is 5.75 Å². The van der Waals surface area contributed by atoms with Gasteiger partial charge in [-0.15, -0.1) is 0 Å². The predicted molar refractivity (Wildman–Crippen MR) is 87.8 cm³/mol. The van der Waals surface area contributed by atoms with Crippen LogP contribution in [-0.4, -0.2) is 35.6 Å². The molecular weight excluding hydrogens is 274 g/mol. The summed E-state index contributed by atoms with van der Waals surface area (Å²) in [6.07, 6.45) is 3.63. The van der Waals surface area contributed by atoms with Crippen molar-refractivity contribution in [1.82, 2.24) is 15.2 Å². The highest BCUT2D eigenvalue weighted by molar-refractivity contribution is 5.33. The fraction of sp³-hybridized carbons (Fsp3) is 0.389. The number of hydrogen-bond donors (Lipinski definition) is 1. The van der Waals surface area contributed by atoms with Crippen molar-refractivity contribution in [1.29, 1.82) is 0 Å². The van der Waals surface area contributed by atoms with Gasteiger partial charge >= 0.3 is 0 Å². The molecule has 1 aromatic carbocycles. The molecule has 4 heteroatoms. The van der Waals surface area contributed by atoms with Gasteiger partial charge in [-0.05, 0) is 19.1 Å². The second kappa shape index (κ2) is 7.38. The monoisotopic (exact) mass is 297 g/mol. The molecule has 1 N–H and O–H groups in total. The Kier molecular flexibility index (Phi) is 5.03. The summed E-state index contributed by atoms with van der Waals surface area (Å²) in [5.41, 5.74) is 2.34. The molecule has 22 heavy (non-hydrogen) atoms. The second-order valence-electron chi connectivity index (χ2n) is 5.85. The van der Waals surface area contributed by atoms with Crippen molar-refractivity contribution in [2.24, 2.45) is 0 Å². The van der Waals surface area contributed by atoms with Crippen molar-refractivity contribution >= 4 is 0 Å². The highest BCUT2D eigenvalue weighted by Gasteiger charge is 2.17. The lowest BCUT2D eigenvalue weighted by molar-refractivity contribution is 0.195. The van der Waals surface area contributed by atoms with E-state index in [0.29, 0.717) is 12.6 Å². The zero-order valence-electron chi connectivity index (χ0n) is 13.0. The van der Waals surface area contributed by atoms with Gasteiger partial charge in [-0.3, -0.25) is 9.88 Å². The summed E-state index contributed by atoms with van der Waals surface area (Å²) in [6.45, 7) is 6.95. The highest BCUT2D eigenvalue weighted by atomic mass is 16.5. The molecule has 2 aromatic rings. The van der Waals surface area contributed by atoms with E-state index in [-0.39, 0.29) is 0 Å². The van der Waals surface area contributed by atoms with Gasteiger partial charge in [0.15, 0.2) is 0 Å². The normalized spacial score (nSPS) is 19.0. The molecule has 0 amide bonds. The number of piperazine rings is 1. The minimum Gasteiger partial charge on any atom is -0.489 e. The summed E-state index contributed by atoms with van der Waals surface area (Å²) in [7, 11) is 0. The number of aromatic nitrogens is 1. The van der Waals surface area contributed by atoms with Crippen LogP contribution >= 0.6 is 0 Å². The van der Waals surface area contributed by atoms with Crippen molar-refractivity contribution < 1.29 is 4.74 Å². The molecule has 3 rings (SSSR count). The van der Waals surface area contributed by atoms with Crippen LogP contribution in [0.3, 0.4) is 0 Å². The van der Waals surface area contributed by atoms with Crippen LogP contribution in [0.5, 0.6) is 5.75 Å². The Bertz CT molecular complexity index is 588. The number of benzene rings is 1. The smallest absolute Gasteiger partial charge is 0.124 e. The summed E-state index contributed by atoms with van der Waals surface area (Å²) in [4.78, 5) is 6.61. The van der Waals surface area contributed by atoms with Gasteiger partial charge in [0.1, 0.15) is 12.4 Å². The molecule has 0 unspecified atom stereocenters. The second-order valence-corrected chi connectivity index (χ2v) is 5.85. The van der Waals surface area contributed by atoms with Gasteiger partial charge in [0.25, 0.3) is 0 Å². The fourth-order valence-corrected chi connectivity index (χ4v) is 2.82. The standard InChI is InChI=1S/C18H23N3O/c1-15-12-21(10-9-20-15)13-17-6-2-3-7-18(17)22-14-16-5-4-8-19-11-16/h2-8,11,15,20H,9-10,12-14H2,1H3/t15-/m0/s1. The van der Waals surface area contributed by atoms with Crippen LogP contribution in [0.15, 0.2) is 48.8 Å². The maximum absolute atomic E-state index is 6.01. The number of rotatable bonds is 5. The SMILES string of the molecule is C[C@H]1CN(Cc2ccccc2OCc2cccnc2)CCN1. The van der Waals surface area contributed by atoms with Crippen molar-refractivity contribution in [2.75, 3.05) is 19.6 Å². The molecule has 116 valence electrons. The van der Waals surface area contributed by atoms with E-state index in [4.69, 9.17) is 4.74 Å². The third-order valence-corrected chi connectivity index (χ3v) is 3.94. The minimum absolute atomic E-state index is 0.553. The number of nitrogens with one attached hydrogen (secondary N) is 1. The number of pyridine rings is 1. The fourth-order valence-electron chi connectivity index (χ4n) is 2.82. The highest BCUT2D eigenvalue weighted by Crippen LogP contribution is 2.21. The molecule has 1 aromatic heterocycles. The minimum atomic E-state index is 0.553. The van der Waals surface area contributed by atoms with Gasteiger partial charge in [-0.25, -0.2) is 0 Å². The topological polar surface area (TPSA) is 37.4 Å². The molecule has 1 saturated heterocycles. The molecule has 1 aliphatic rings. The molecule has 1 fully saturated rings.